The molecule has 0 amide bonds. The van der Waals surface area contributed by atoms with E-state index in [9.17, 15) is 5.11 Å². The molecule has 2 rings (SSSR count). The van der Waals surface area contributed by atoms with Crippen molar-refractivity contribution in [1.82, 2.24) is 0 Å². The SMILES string of the molecule is COC1CCCC(O)(c2cccc(Cl)c2)C1. The van der Waals surface area contributed by atoms with Crippen LogP contribution in [0.4, 0.5) is 0 Å². The van der Waals surface area contributed by atoms with E-state index >= 15 is 0 Å². The van der Waals surface area contributed by atoms with Crippen molar-refractivity contribution in [2.75, 3.05) is 7.11 Å². The summed E-state index contributed by atoms with van der Waals surface area (Å²) in [7, 11) is 1.70. The fraction of sp³-hybridized carbons (Fsp3) is 0.538. The van der Waals surface area contributed by atoms with E-state index in [2.05, 4.69) is 0 Å². The average molecular weight is 241 g/mol. The maximum atomic E-state index is 10.6. The van der Waals surface area contributed by atoms with Crippen LogP contribution < -0.4 is 0 Å². The lowest BCUT2D eigenvalue weighted by molar-refractivity contribution is -0.0631. The summed E-state index contributed by atoms with van der Waals surface area (Å²) in [6, 6.07) is 7.49. The first kappa shape index (κ1) is 11.9. The van der Waals surface area contributed by atoms with Crippen LogP contribution in [0.1, 0.15) is 31.2 Å². The van der Waals surface area contributed by atoms with E-state index in [4.69, 9.17) is 16.3 Å². The van der Waals surface area contributed by atoms with Crippen LogP contribution in [0.5, 0.6) is 0 Å². The molecule has 3 heteroatoms. The van der Waals surface area contributed by atoms with Gasteiger partial charge in [0.05, 0.1) is 11.7 Å². The van der Waals surface area contributed by atoms with Crippen LogP contribution in [0.2, 0.25) is 5.02 Å². The number of hydrogen-bond acceptors (Lipinski definition) is 2. The van der Waals surface area contributed by atoms with Crippen LogP contribution in [-0.2, 0) is 10.3 Å². The van der Waals surface area contributed by atoms with E-state index in [1.807, 2.05) is 24.3 Å². The molecule has 0 aliphatic heterocycles. The topological polar surface area (TPSA) is 29.5 Å². The van der Waals surface area contributed by atoms with Crippen molar-refractivity contribution in [2.24, 2.45) is 0 Å². The molecule has 0 spiro atoms. The molecule has 2 atom stereocenters. The van der Waals surface area contributed by atoms with E-state index in [0.717, 1.165) is 24.8 Å². The highest BCUT2D eigenvalue weighted by Gasteiger charge is 2.35. The highest BCUT2D eigenvalue weighted by atomic mass is 35.5. The van der Waals surface area contributed by atoms with Gasteiger partial charge in [0, 0.05) is 18.6 Å². The van der Waals surface area contributed by atoms with Gasteiger partial charge >= 0.3 is 0 Å². The zero-order valence-corrected chi connectivity index (χ0v) is 10.2. The van der Waals surface area contributed by atoms with E-state index in [-0.39, 0.29) is 6.10 Å². The summed E-state index contributed by atoms with van der Waals surface area (Å²) in [6.07, 6.45) is 3.61. The van der Waals surface area contributed by atoms with Crippen LogP contribution in [0.15, 0.2) is 24.3 Å². The van der Waals surface area contributed by atoms with Crippen molar-refractivity contribution in [1.29, 1.82) is 0 Å². The Morgan fingerprint density at radius 2 is 2.31 bits per heavy atom. The predicted octanol–water partition coefficient (Wildman–Crippen LogP) is 3.12. The Morgan fingerprint density at radius 1 is 1.50 bits per heavy atom. The molecule has 16 heavy (non-hydrogen) atoms. The quantitative estimate of drug-likeness (QED) is 0.861. The van der Waals surface area contributed by atoms with Crippen molar-refractivity contribution in [3.05, 3.63) is 34.9 Å². The molecule has 1 aliphatic carbocycles. The van der Waals surface area contributed by atoms with Crippen molar-refractivity contribution in [2.45, 2.75) is 37.4 Å². The number of aliphatic hydroxyl groups is 1. The summed E-state index contributed by atoms with van der Waals surface area (Å²) < 4.78 is 5.35. The number of benzene rings is 1. The number of ether oxygens (including phenoxy) is 1. The summed E-state index contributed by atoms with van der Waals surface area (Å²) >= 11 is 5.95. The van der Waals surface area contributed by atoms with Gasteiger partial charge in [-0.15, -0.1) is 0 Å². The second-order valence-electron chi connectivity index (χ2n) is 4.50. The van der Waals surface area contributed by atoms with Crippen molar-refractivity contribution >= 4 is 11.6 Å². The summed E-state index contributed by atoms with van der Waals surface area (Å²) in [5.41, 5.74) is 0.130. The fourth-order valence-corrected chi connectivity index (χ4v) is 2.63. The normalized spacial score (nSPS) is 30.3. The zero-order chi connectivity index (χ0) is 11.6. The highest BCUT2D eigenvalue weighted by Crippen LogP contribution is 2.38. The van der Waals surface area contributed by atoms with Crippen LogP contribution >= 0.6 is 11.6 Å². The first-order valence-electron chi connectivity index (χ1n) is 5.65. The third-order valence-electron chi connectivity index (χ3n) is 3.38. The molecule has 0 heterocycles. The molecule has 2 unspecified atom stereocenters. The fourth-order valence-electron chi connectivity index (χ4n) is 2.44. The summed E-state index contributed by atoms with van der Waals surface area (Å²) in [5.74, 6) is 0. The van der Waals surface area contributed by atoms with Gasteiger partial charge in [0.1, 0.15) is 0 Å². The Morgan fingerprint density at radius 3 is 3.00 bits per heavy atom. The third-order valence-corrected chi connectivity index (χ3v) is 3.61. The van der Waals surface area contributed by atoms with E-state index in [1.165, 1.54) is 0 Å². The summed E-state index contributed by atoms with van der Waals surface area (Å²) in [6.45, 7) is 0. The van der Waals surface area contributed by atoms with Gasteiger partial charge in [-0.05, 0) is 37.0 Å². The first-order valence-corrected chi connectivity index (χ1v) is 6.03. The highest BCUT2D eigenvalue weighted by molar-refractivity contribution is 6.30. The smallest absolute Gasteiger partial charge is 0.0921 e. The van der Waals surface area contributed by atoms with Crippen molar-refractivity contribution in [3.8, 4) is 0 Å². The number of halogens is 1. The second-order valence-corrected chi connectivity index (χ2v) is 4.93. The minimum atomic E-state index is -0.774. The molecular formula is C13H17ClO2. The molecule has 1 saturated carbocycles. The Bertz CT molecular complexity index is 367. The summed E-state index contributed by atoms with van der Waals surface area (Å²) in [5, 5.41) is 11.3. The van der Waals surface area contributed by atoms with E-state index in [1.54, 1.807) is 7.11 Å². The lowest BCUT2D eigenvalue weighted by atomic mass is 9.78. The van der Waals surface area contributed by atoms with Gasteiger partial charge < -0.3 is 9.84 Å². The number of rotatable bonds is 2. The number of hydrogen-bond donors (Lipinski definition) is 1. The van der Waals surface area contributed by atoms with Crippen molar-refractivity contribution in [3.63, 3.8) is 0 Å². The van der Waals surface area contributed by atoms with Crippen LogP contribution in [0, 0.1) is 0 Å². The molecule has 1 N–H and O–H groups in total. The molecule has 1 fully saturated rings. The Hall–Kier alpha value is -0.570. The van der Waals surface area contributed by atoms with Gasteiger partial charge in [-0.2, -0.15) is 0 Å². The lowest BCUT2D eigenvalue weighted by Gasteiger charge is -2.36. The average Bonchev–Trinajstić information content (AvgIpc) is 2.29. The molecule has 0 radical (unpaired) electrons. The molecule has 88 valence electrons. The second kappa shape index (κ2) is 4.74. The molecule has 1 aliphatic rings. The zero-order valence-electron chi connectivity index (χ0n) is 9.45. The van der Waals surface area contributed by atoms with Crippen molar-refractivity contribution < 1.29 is 9.84 Å². The molecule has 1 aromatic carbocycles. The van der Waals surface area contributed by atoms with E-state index in [0.29, 0.717) is 11.4 Å². The van der Waals surface area contributed by atoms with Crippen LogP contribution in [-0.4, -0.2) is 18.3 Å². The molecular weight excluding hydrogens is 224 g/mol. The van der Waals surface area contributed by atoms with Gasteiger partial charge in [0.25, 0.3) is 0 Å². The lowest BCUT2D eigenvalue weighted by Crippen LogP contribution is -2.35. The Kier molecular flexibility index (Phi) is 3.53. The van der Waals surface area contributed by atoms with Gasteiger partial charge in [0.2, 0.25) is 0 Å². The first-order chi connectivity index (χ1) is 7.64. The molecule has 1 aromatic rings. The Labute approximate surface area is 101 Å². The molecule has 0 saturated heterocycles. The minimum Gasteiger partial charge on any atom is -0.385 e. The largest absolute Gasteiger partial charge is 0.385 e. The monoisotopic (exact) mass is 240 g/mol. The van der Waals surface area contributed by atoms with E-state index < -0.39 is 5.60 Å². The van der Waals surface area contributed by atoms with Gasteiger partial charge in [-0.1, -0.05) is 23.7 Å². The maximum absolute atomic E-state index is 10.6. The predicted molar refractivity (Wildman–Crippen MR) is 64.6 cm³/mol. The maximum Gasteiger partial charge on any atom is 0.0921 e. The van der Waals surface area contributed by atoms with Crippen LogP contribution in [0.25, 0.3) is 0 Å². The number of methoxy groups -OCH3 is 1. The molecule has 0 aromatic heterocycles. The summed E-state index contributed by atoms with van der Waals surface area (Å²) in [4.78, 5) is 0. The van der Waals surface area contributed by atoms with Gasteiger partial charge in [0.15, 0.2) is 0 Å². The molecule has 0 bridgehead atoms. The third kappa shape index (κ3) is 2.40. The molecule has 2 nitrogen and oxygen atoms in total. The van der Waals surface area contributed by atoms with Crippen LogP contribution in [0.3, 0.4) is 0 Å². The minimum absolute atomic E-state index is 0.151. The standard InChI is InChI=1S/C13H17ClO2/c1-16-12-6-3-7-13(15,9-12)10-4-2-5-11(14)8-10/h2,4-5,8,12,15H,3,6-7,9H2,1H3. The Balaban J connectivity index is 2.23. The van der Waals surface area contributed by atoms with Gasteiger partial charge in [-0.25, -0.2) is 0 Å². The van der Waals surface area contributed by atoms with Gasteiger partial charge in [-0.3, -0.25) is 0 Å².